The number of aliphatic hydroxyl groups is 1. The number of aliphatic hydroxyl groups excluding tert-OH is 1. The quantitative estimate of drug-likeness (QED) is 0.401. The number of thiophene rings is 1. The molecule has 0 saturated heterocycles. The van der Waals surface area contributed by atoms with E-state index >= 15 is 0 Å². The number of aromatic nitrogens is 4. The number of amides is 1. The molecule has 0 aliphatic carbocycles. The van der Waals surface area contributed by atoms with Crippen molar-refractivity contribution in [3.8, 4) is 10.6 Å². The van der Waals surface area contributed by atoms with Gasteiger partial charge in [-0.05, 0) is 43.7 Å². The molecule has 10 heteroatoms. The maximum atomic E-state index is 13.6. The van der Waals surface area contributed by atoms with Gasteiger partial charge < -0.3 is 15.3 Å². The number of benzene rings is 1. The number of halogens is 1. The van der Waals surface area contributed by atoms with Crippen LogP contribution in [0.1, 0.15) is 40.7 Å². The number of hydrogen-bond donors (Lipinski definition) is 2. The third-order valence-corrected chi connectivity index (χ3v) is 7.73. The van der Waals surface area contributed by atoms with Gasteiger partial charge in [0.15, 0.2) is 0 Å². The summed E-state index contributed by atoms with van der Waals surface area (Å²) in [7, 11) is 1.83. The van der Waals surface area contributed by atoms with E-state index in [4.69, 9.17) is 11.6 Å². The van der Waals surface area contributed by atoms with Crippen LogP contribution in [0.3, 0.4) is 0 Å². The topological polar surface area (TPSA) is 96.2 Å². The van der Waals surface area contributed by atoms with Crippen molar-refractivity contribution in [1.29, 1.82) is 0 Å². The van der Waals surface area contributed by atoms with Gasteiger partial charge in [0.1, 0.15) is 5.82 Å². The summed E-state index contributed by atoms with van der Waals surface area (Å²) in [4.78, 5) is 26.1. The van der Waals surface area contributed by atoms with Crippen molar-refractivity contribution in [2.45, 2.75) is 25.4 Å². The van der Waals surface area contributed by atoms with Gasteiger partial charge in [-0.2, -0.15) is 5.10 Å². The van der Waals surface area contributed by atoms with Crippen LogP contribution in [-0.4, -0.2) is 42.3 Å². The maximum Gasteiger partial charge on any atom is 0.256 e. The molecule has 174 valence electrons. The summed E-state index contributed by atoms with van der Waals surface area (Å²) in [5.41, 5.74) is 1.54. The number of anilines is 2. The third-order valence-electron chi connectivity index (χ3n) is 6.03. The van der Waals surface area contributed by atoms with E-state index in [9.17, 15) is 9.90 Å². The number of rotatable bonds is 6. The Morgan fingerprint density at radius 3 is 2.71 bits per heavy atom. The average Bonchev–Trinajstić information content (AvgIpc) is 3.48. The minimum atomic E-state index is -0.617. The molecule has 4 heterocycles. The summed E-state index contributed by atoms with van der Waals surface area (Å²) in [5, 5.41) is 18.1. The van der Waals surface area contributed by atoms with Crippen molar-refractivity contribution < 1.29 is 9.90 Å². The molecule has 1 aromatic carbocycles. The molecule has 1 atom stereocenters. The zero-order valence-electron chi connectivity index (χ0n) is 18.9. The fourth-order valence-corrected chi connectivity index (χ4v) is 5.79. The van der Waals surface area contributed by atoms with Crippen molar-refractivity contribution in [2.75, 3.05) is 11.9 Å². The van der Waals surface area contributed by atoms with Crippen molar-refractivity contribution in [1.82, 2.24) is 24.6 Å². The predicted molar refractivity (Wildman–Crippen MR) is 132 cm³/mol. The number of carbonyl (C=O) groups is 1. The average molecular weight is 495 g/mol. The molecule has 1 amide bonds. The van der Waals surface area contributed by atoms with Crippen LogP contribution in [0, 0.1) is 0 Å². The van der Waals surface area contributed by atoms with E-state index in [0.717, 1.165) is 26.8 Å². The lowest BCUT2D eigenvalue weighted by atomic mass is 9.98. The lowest BCUT2D eigenvalue weighted by Crippen LogP contribution is -2.43. The second kappa shape index (κ2) is 8.50. The van der Waals surface area contributed by atoms with Crippen molar-refractivity contribution in [3.63, 3.8) is 0 Å². The molecular weight excluding hydrogens is 472 g/mol. The van der Waals surface area contributed by atoms with Gasteiger partial charge in [0.2, 0.25) is 5.95 Å². The summed E-state index contributed by atoms with van der Waals surface area (Å²) in [6.45, 7) is 3.80. The van der Waals surface area contributed by atoms with Crippen LogP contribution in [-0.2, 0) is 12.6 Å². The molecule has 1 aliphatic rings. The highest BCUT2D eigenvalue weighted by Gasteiger charge is 2.48. The third kappa shape index (κ3) is 3.75. The Kier molecular flexibility index (Phi) is 5.63. The monoisotopic (exact) mass is 494 g/mol. The van der Waals surface area contributed by atoms with Crippen LogP contribution in [0.25, 0.3) is 10.6 Å². The molecule has 0 spiro atoms. The van der Waals surface area contributed by atoms with Gasteiger partial charge in [-0.25, -0.2) is 9.97 Å². The summed E-state index contributed by atoms with van der Waals surface area (Å²) >= 11 is 7.71. The minimum Gasteiger partial charge on any atom is -0.394 e. The van der Waals surface area contributed by atoms with Crippen molar-refractivity contribution in [2.24, 2.45) is 7.05 Å². The van der Waals surface area contributed by atoms with Gasteiger partial charge in [-0.3, -0.25) is 9.48 Å². The van der Waals surface area contributed by atoms with Crippen LogP contribution in [0.15, 0.2) is 54.9 Å². The molecule has 2 N–H and O–H groups in total. The van der Waals surface area contributed by atoms with E-state index in [1.54, 1.807) is 34.1 Å². The molecule has 34 heavy (non-hydrogen) atoms. The van der Waals surface area contributed by atoms with Gasteiger partial charge in [0.25, 0.3) is 5.91 Å². The van der Waals surface area contributed by atoms with Crippen LogP contribution < -0.4 is 5.32 Å². The largest absolute Gasteiger partial charge is 0.394 e. The fourth-order valence-electron chi connectivity index (χ4n) is 4.37. The Labute approximate surface area is 205 Å². The SMILES string of the molecule is Cn1nccc1Nc1nccc(-c2cc3c(s2)C(C)(C)N(C(CO)c2cccc(Cl)c2)C3=O)n1. The van der Waals surface area contributed by atoms with Gasteiger partial charge >= 0.3 is 0 Å². The highest BCUT2D eigenvalue weighted by molar-refractivity contribution is 7.16. The number of fused-ring (bicyclic) bond motifs is 1. The van der Waals surface area contributed by atoms with Crippen LogP contribution >= 0.6 is 22.9 Å². The zero-order valence-corrected chi connectivity index (χ0v) is 20.4. The van der Waals surface area contributed by atoms with E-state index in [2.05, 4.69) is 20.4 Å². The maximum absolute atomic E-state index is 13.6. The first-order valence-corrected chi connectivity index (χ1v) is 11.9. The summed E-state index contributed by atoms with van der Waals surface area (Å²) in [6, 6.07) is 12.3. The molecule has 8 nitrogen and oxygen atoms in total. The van der Waals surface area contributed by atoms with Crippen molar-refractivity contribution >= 4 is 40.6 Å². The number of carbonyl (C=O) groups excluding carboxylic acids is 1. The first-order valence-electron chi connectivity index (χ1n) is 10.7. The van der Waals surface area contributed by atoms with Gasteiger partial charge in [-0.1, -0.05) is 23.7 Å². The molecule has 0 radical (unpaired) electrons. The first kappa shape index (κ1) is 22.5. The number of nitrogens with one attached hydrogen (secondary N) is 1. The van der Waals surface area contributed by atoms with Gasteiger partial charge in [-0.15, -0.1) is 11.3 Å². The Morgan fingerprint density at radius 2 is 2.03 bits per heavy atom. The molecule has 3 aromatic heterocycles. The Balaban J connectivity index is 1.47. The first-order chi connectivity index (χ1) is 16.3. The predicted octanol–water partition coefficient (Wildman–Crippen LogP) is 4.76. The fraction of sp³-hybridized carbons (Fsp3) is 0.250. The highest BCUT2D eigenvalue weighted by atomic mass is 35.5. The molecule has 0 saturated carbocycles. The van der Waals surface area contributed by atoms with Gasteiger partial charge in [0.05, 0.1) is 40.5 Å². The number of nitrogens with zero attached hydrogens (tertiary/aromatic N) is 5. The van der Waals surface area contributed by atoms with E-state index in [1.807, 2.05) is 51.2 Å². The second-order valence-electron chi connectivity index (χ2n) is 8.57. The smallest absolute Gasteiger partial charge is 0.256 e. The van der Waals surface area contributed by atoms with Crippen LogP contribution in [0.2, 0.25) is 5.02 Å². The number of aryl methyl sites for hydroxylation is 1. The second-order valence-corrected chi connectivity index (χ2v) is 10.1. The molecule has 0 fully saturated rings. The van der Waals surface area contributed by atoms with E-state index in [-0.39, 0.29) is 12.5 Å². The van der Waals surface area contributed by atoms with Gasteiger partial charge in [0, 0.05) is 29.2 Å². The normalized spacial score (nSPS) is 15.4. The van der Waals surface area contributed by atoms with Crippen molar-refractivity contribution in [3.05, 3.63) is 75.9 Å². The lowest BCUT2D eigenvalue weighted by molar-refractivity contribution is 0.0339. The van der Waals surface area contributed by atoms with E-state index in [0.29, 0.717) is 16.5 Å². The van der Waals surface area contributed by atoms with Crippen LogP contribution in [0.5, 0.6) is 0 Å². The molecule has 4 aromatic rings. The zero-order chi connectivity index (χ0) is 24.0. The summed E-state index contributed by atoms with van der Waals surface area (Å²) < 4.78 is 1.70. The summed E-state index contributed by atoms with van der Waals surface area (Å²) in [5.74, 6) is 1.10. The minimum absolute atomic E-state index is 0.121. The Hall–Kier alpha value is -3.27. The molecule has 1 unspecified atom stereocenters. The lowest BCUT2D eigenvalue weighted by Gasteiger charge is -2.38. The molecule has 5 rings (SSSR count). The molecule has 0 bridgehead atoms. The van der Waals surface area contributed by atoms with Crippen LogP contribution in [0.4, 0.5) is 11.8 Å². The van der Waals surface area contributed by atoms with E-state index < -0.39 is 11.6 Å². The number of hydrogen-bond acceptors (Lipinski definition) is 7. The summed E-state index contributed by atoms with van der Waals surface area (Å²) in [6.07, 6.45) is 3.38. The molecular formula is C24H23ClN6O2S. The highest BCUT2D eigenvalue weighted by Crippen LogP contribution is 2.49. The Bertz CT molecular complexity index is 1380. The Morgan fingerprint density at radius 1 is 1.21 bits per heavy atom. The molecule has 1 aliphatic heterocycles. The standard InChI is InChI=1S/C24H23ClN6O2S/c1-24(2)21-16(22(33)31(24)18(13-32)14-5-4-6-15(25)11-14)12-19(34-21)17-7-9-26-23(28-17)29-20-8-10-27-30(20)3/h4-12,18,32H,13H2,1-3H3,(H,26,28,29). The van der Waals surface area contributed by atoms with E-state index in [1.165, 1.54) is 11.3 Å².